The van der Waals surface area contributed by atoms with Crippen molar-refractivity contribution in [3.8, 4) is 0 Å². The molecule has 0 heterocycles. The first-order valence-electron chi connectivity index (χ1n) is 6.92. The molecule has 0 aromatic heterocycles. The first-order valence-corrected chi connectivity index (χ1v) is 10.3. The summed E-state index contributed by atoms with van der Waals surface area (Å²) in [6.07, 6.45) is 7.37. The largest absolute Gasteiger partial charge is 0.547 e. The molecule has 0 unspecified atom stereocenters. The van der Waals surface area contributed by atoms with E-state index >= 15 is 0 Å². The summed E-state index contributed by atoms with van der Waals surface area (Å²) in [6.45, 7) is 16.3. The molecule has 1 aliphatic carbocycles. The number of rotatable bonds is 2. The Hall–Kier alpha value is -0.243. The quantitative estimate of drug-likeness (QED) is 0.604. The summed E-state index contributed by atoms with van der Waals surface area (Å²) in [5.74, 6) is 1.25. The van der Waals surface area contributed by atoms with E-state index in [9.17, 15) is 0 Å². The minimum Gasteiger partial charge on any atom is -0.547 e. The Morgan fingerprint density at radius 3 is 2.24 bits per heavy atom. The Bertz CT molecular complexity index is 295. The molecule has 0 atom stereocenters. The predicted octanol–water partition coefficient (Wildman–Crippen LogP) is 5.35. The fraction of sp³-hybridized carbons (Fsp3) is 0.867. The van der Waals surface area contributed by atoms with Crippen molar-refractivity contribution in [3.05, 3.63) is 11.8 Å². The van der Waals surface area contributed by atoms with Gasteiger partial charge < -0.3 is 4.43 Å². The van der Waals surface area contributed by atoms with Gasteiger partial charge in [0.1, 0.15) is 0 Å². The zero-order chi connectivity index (χ0) is 13.3. The van der Waals surface area contributed by atoms with Gasteiger partial charge in [-0.05, 0) is 56.8 Å². The Morgan fingerprint density at radius 2 is 1.71 bits per heavy atom. The van der Waals surface area contributed by atoms with E-state index in [0.29, 0.717) is 5.41 Å². The molecule has 0 aromatic rings. The fourth-order valence-electron chi connectivity index (χ4n) is 2.97. The summed E-state index contributed by atoms with van der Waals surface area (Å²) in [5.41, 5.74) is 0.621. The summed E-state index contributed by atoms with van der Waals surface area (Å²) >= 11 is 0. The minimum absolute atomic E-state index is 0.185. The van der Waals surface area contributed by atoms with Crippen molar-refractivity contribution in [2.75, 3.05) is 0 Å². The van der Waals surface area contributed by atoms with Crippen LogP contribution in [-0.2, 0) is 4.43 Å². The summed E-state index contributed by atoms with van der Waals surface area (Å²) in [7, 11) is -1.49. The molecule has 0 saturated heterocycles. The molecule has 0 bridgehead atoms. The van der Waals surface area contributed by atoms with Gasteiger partial charge in [0.2, 0.25) is 8.32 Å². The van der Waals surface area contributed by atoms with E-state index in [0.717, 1.165) is 0 Å². The number of hydrogen-bond donors (Lipinski definition) is 0. The molecular weight excluding hydrogens is 224 g/mol. The van der Waals surface area contributed by atoms with Gasteiger partial charge in [0.15, 0.2) is 0 Å². The Morgan fingerprint density at radius 1 is 1.12 bits per heavy atom. The second-order valence-corrected chi connectivity index (χ2v) is 12.3. The van der Waals surface area contributed by atoms with Gasteiger partial charge in [-0.1, -0.05) is 27.7 Å². The maximum Gasteiger partial charge on any atom is 0.241 e. The molecule has 0 radical (unpaired) electrons. The second-order valence-electron chi connectivity index (χ2n) is 7.90. The lowest BCUT2D eigenvalue weighted by Crippen LogP contribution is -2.33. The van der Waals surface area contributed by atoms with Crippen LogP contribution < -0.4 is 0 Å². The molecule has 0 aromatic carbocycles. The van der Waals surface area contributed by atoms with Gasteiger partial charge in [-0.15, -0.1) is 0 Å². The van der Waals surface area contributed by atoms with Crippen molar-refractivity contribution < 1.29 is 4.43 Å². The Labute approximate surface area is 109 Å². The summed E-state index contributed by atoms with van der Waals surface area (Å²) in [6, 6.07) is 0. The monoisotopic (exact) mass is 254 g/mol. The molecule has 0 fully saturated rings. The summed E-state index contributed by atoms with van der Waals surface area (Å²) in [4.78, 5) is 0. The Kier molecular flexibility index (Phi) is 4.18. The zero-order valence-electron chi connectivity index (χ0n) is 12.8. The summed E-state index contributed by atoms with van der Waals surface area (Å²) < 4.78 is 6.32. The van der Waals surface area contributed by atoms with Gasteiger partial charge in [0, 0.05) is 5.41 Å². The maximum absolute atomic E-state index is 6.32. The van der Waals surface area contributed by atoms with Gasteiger partial charge in [-0.2, -0.15) is 0 Å². The van der Waals surface area contributed by atoms with Crippen LogP contribution in [0.1, 0.15) is 53.4 Å². The van der Waals surface area contributed by atoms with Crippen LogP contribution in [-0.4, -0.2) is 8.32 Å². The molecular formula is C15H30OSi. The van der Waals surface area contributed by atoms with Crippen LogP contribution >= 0.6 is 0 Å². The Balaban J connectivity index is 2.93. The van der Waals surface area contributed by atoms with E-state index in [4.69, 9.17) is 4.43 Å². The van der Waals surface area contributed by atoms with Crippen LogP contribution in [0.2, 0.25) is 19.6 Å². The minimum atomic E-state index is -1.49. The maximum atomic E-state index is 6.32. The molecule has 1 aliphatic rings. The van der Waals surface area contributed by atoms with Crippen LogP contribution in [0.25, 0.3) is 0 Å². The van der Waals surface area contributed by atoms with E-state index in [2.05, 4.69) is 53.4 Å². The van der Waals surface area contributed by atoms with Crippen molar-refractivity contribution >= 4 is 8.32 Å². The molecule has 100 valence electrons. The van der Waals surface area contributed by atoms with E-state index < -0.39 is 8.32 Å². The smallest absolute Gasteiger partial charge is 0.241 e. The van der Waals surface area contributed by atoms with Gasteiger partial charge in [0.05, 0.1) is 5.76 Å². The van der Waals surface area contributed by atoms with Gasteiger partial charge in [-0.25, -0.2) is 0 Å². The van der Waals surface area contributed by atoms with Gasteiger partial charge in [-0.3, -0.25) is 0 Å². The summed E-state index contributed by atoms with van der Waals surface area (Å²) in [5, 5.41) is 0. The van der Waals surface area contributed by atoms with Gasteiger partial charge in [0.25, 0.3) is 0 Å². The number of hydrogen-bond acceptors (Lipinski definition) is 1. The SMILES string of the molecule is CC1(C)CCC/C=C(/O[Si](C)(C)C)C(C)(C)C1. The van der Waals surface area contributed by atoms with Crippen LogP contribution in [0.4, 0.5) is 0 Å². The highest BCUT2D eigenvalue weighted by Gasteiger charge is 2.35. The van der Waals surface area contributed by atoms with E-state index in [1.54, 1.807) is 0 Å². The van der Waals surface area contributed by atoms with Crippen LogP contribution in [0.5, 0.6) is 0 Å². The molecule has 0 aliphatic heterocycles. The molecule has 0 saturated carbocycles. The topological polar surface area (TPSA) is 9.23 Å². The first kappa shape index (κ1) is 14.8. The fourth-order valence-corrected chi connectivity index (χ4v) is 3.99. The molecule has 0 N–H and O–H groups in total. The molecule has 2 heteroatoms. The van der Waals surface area contributed by atoms with E-state index in [1.807, 2.05) is 0 Å². The van der Waals surface area contributed by atoms with Crippen molar-refractivity contribution in [2.24, 2.45) is 10.8 Å². The molecule has 0 amide bonds. The molecule has 17 heavy (non-hydrogen) atoms. The number of allylic oxidation sites excluding steroid dienone is 2. The third kappa shape index (κ3) is 4.87. The van der Waals surface area contributed by atoms with Crippen LogP contribution in [0.15, 0.2) is 11.8 Å². The third-order valence-corrected chi connectivity index (χ3v) is 4.22. The van der Waals surface area contributed by atoms with Gasteiger partial charge >= 0.3 is 0 Å². The predicted molar refractivity (Wildman–Crippen MR) is 78.5 cm³/mol. The van der Waals surface area contributed by atoms with E-state index in [-0.39, 0.29) is 5.41 Å². The average Bonchev–Trinajstić information content (AvgIpc) is 2.04. The van der Waals surface area contributed by atoms with Crippen LogP contribution in [0.3, 0.4) is 0 Å². The average molecular weight is 254 g/mol. The highest BCUT2D eigenvalue weighted by Crippen LogP contribution is 2.44. The van der Waals surface area contributed by atoms with Crippen molar-refractivity contribution in [3.63, 3.8) is 0 Å². The van der Waals surface area contributed by atoms with Crippen molar-refractivity contribution in [1.82, 2.24) is 0 Å². The molecule has 1 nitrogen and oxygen atoms in total. The van der Waals surface area contributed by atoms with Crippen LogP contribution in [0, 0.1) is 10.8 Å². The first-order chi connectivity index (χ1) is 7.52. The lowest BCUT2D eigenvalue weighted by atomic mass is 9.70. The molecule has 1 rings (SSSR count). The standard InChI is InChI=1S/C15H30OSi/c1-14(2)11-9-8-10-13(15(3,4)12-14)16-17(5,6)7/h10H,8-9,11-12H2,1-7H3/b13-10+. The second kappa shape index (κ2) is 4.79. The highest BCUT2D eigenvalue weighted by molar-refractivity contribution is 6.70. The molecule has 0 spiro atoms. The lowest BCUT2D eigenvalue weighted by molar-refractivity contribution is 0.155. The highest BCUT2D eigenvalue weighted by atomic mass is 28.4. The lowest BCUT2D eigenvalue weighted by Gasteiger charge is -2.40. The third-order valence-electron chi connectivity index (χ3n) is 3.39. The normalized spacial score (nSPS) is 27.6. The van der Waals surface area contributed by atoms with E-state index in [1.165, 1.54) is 31.4 Å². The van der Waals surface area contributed by atoms with Crippen molar-refractivity contribution in [1.29, 1.82) is 0 Å². The zero-order valence-corrected chi connectivity index (χ0v) is 13.8. The van der Waals surface area contributed by atoms with Crippen molar-refractivity contribution in [2.45, 2.75) is 73.0 Å².